The van der Waals surface area contributed by atoms with Gasteiger partial charge in [-0.3, -0.25) is 0 Å². The molecule has 3 atom stereocenters. The van der Waals surface area contributed by atoms with Crippen LogP contribution in [0.4, 0.5) is 5.82 Å². The Morgan fingerprint density at radius 2 is 2.00 bits per heavy atom. The smallest absolute Gasteiger partial charge is 0.226 e. The molecule has 3 unspecified atom stereocenters. The van der Waals surface area contributed by atoms with E-state index in [1.807, 2.05) is 0 Å². The second-order valence-electron chi connectivity index (χ2n) is 7.65. The molecule has 1 aliphatic heterocycles. The summed E-state index contributed by atoms with van der Waals surface area (Å²) < 4.78 is 18.4. The zero-order valence-electron chi connectivity index (χ0n) is 18.2. The largest absolute Gasteiger partial charge is 0.400 e. The SMILES string of the molecule is CO.COCC(OCC1CCC(n2ncc3c(NC4CCCC4)nc(Cl)nc32)O1)P(O)O. The van der Waals surface area contributed by atoms with Gasteiger partial charge in [0, 0.05) is 20.3 Å². The average molecular weight is 492 g/mol. The number of methoxy groups -OCH3 is 1. The van der Waals surface area contributed by atoms with Crippen molar-refractivity contribution in [1.29, 1.82) is 0 Å². The third kappa shape index (κ3) is 6.24. The van der Waals surface area contributed by atoms with Gasteiger partial charge in [-0.1, -0.05) is 12.8 Å². The molecular weight excluding hydrogens is 461 g/mol. The average Bonchev–Trinajstić information content (AvgIpc) is 3.53. The minimum atomic E-state index is -2.23. The summed E-state index contributed by atoms with van der Waals surface area (Å²) in [5, 5.41) is 16.0. The van der Waals surface area contributed by atoms with Crippen molar-refractivity contribution in [2.24, 2.45) is 0 Å². The zero-order chi connectivity index (χ0) is 23.1. The van der Waals surface area contributed by atoms with Crippen molar-refractivity contribution in [2.75, 3.05) is 32.8 Å². The first-order valence-electron chi connectivity index (χ1n) is 10.6. The maximum atomic E-state index is 9.42. The van der Waals surface area contributed by atoms with E-state index in [0.717, 1.165) is 38.2 Å². The fourth-order valence-corrected chi connectivity index (χ4v) is 4.68. The molecule has 32 heavy (non-hydrogen) atoms. The molecule has 4 rings (SSSR count). The van der Waals surface area contributed by atoms with Gasteiger partial charge in [-0.2, -0.15) is 15.1 Å². The van der Waals surface area contributed by atoms with Gasteiger partial charge >= 0.3 is 0 Å². The quantitative estimate of drug-likeness (QED) is 0.305. The summed E-state index contributed by atoms with van der Waals surface area (Å²) >= 11 is 6.20. The van der Waals surface area contributed by atoms with Crippen molar-refractivity contribution >= 4 is 36.8 Å². The van der Waals surface area contributed by atoms with Crippen LogP contribution in [0.5, 0.6) is 0 Å². The number of hydrogen-bond acceptors (Lipinski definition) is 10. The first kappa shape index (κ1) is 25.5. The Kier molecular flexibility index (Phi) is 9.81. The molecule has 0 spiro atoms. The highest BCUT2D eigenvalue weighted by Gasteiger charge is 2.31. The number of aliphatic hydroxyl groups is 1. The predicted molar refractivity (Wildman–Crippen MR) is 120 cm³/mol. The Hall–Kier alpha value is -1.17. The van der Waals surface area contributed by atoms with E-state index >= 15 is 0 Å². The van der Waals surface area contributed by atoms with Crippen molar-refractivity contribution in [1.82, 2.24) is 19.7 Å². The van der Waals surface area contributed by atoms with Crippen LogP contribution >= 0.6 is 20.0 Å². The lowest BCUT2D eigenvalue weighted by atomic mass is 10.2. The highest BCUT2D eigenvalue weighted by Crippen LogP contribution is 2.35. The Labute approximate surface area is 193 Å². The van der Waals surface area contributed by atoms with E-state index in [4.69, 9.17) is 30.9 Å². The van der Waals surface area contributed by atoms with E-state index in [0.29, 0.717) is 17.5 Å². The molecule has 180 valence electrons. The molecule has 1 aliphatic carbocycles. The Bertz CT molecular complexity index is 853. The predicted octanol–water partition coefficient (Wildman–Crippen LogP) is 2.41. The number of hydrogen-bond donors (Lipinski definition) is 4. The molecule has 13 heteroatoms. The van der Waals surface area contributed by atoms with Gasteiger partial charge in [-0.15, -0.1) is 0 Å². The van der Waals surface area contributed by atoms with Crippen molar-refractivity contribution in [3.8, 4) is 0 Å². The van der Waals surface area contributed by atoms with Gasteiger partial charge in [-0.05, 0) is 37.3 Å². The second-order valence-corrected chi connectivity index (χ2v) is 9.20. The van der Waals surface area contributed by atoms with Crippen molar-refractivity contribution < 1.29 is 29.1 Å². The Morgan fingerprint density at radius 3 is 2.69 bits per heavy atom. The van der Waals surface area contributed by atoms with E-state index in [-0.39, 0.29) is 30.8 Å². The summed E-state index contributed by atoms with van der Waals surface area (Å²) in [6.07, 6.45) is 7.44. The molecule has 2 aromatic heterocycles. The standard InChI is InChI=1S/C18H27ClN5O5P.CH4O/c1-27-10-15(30(25)26)28-9-12-6-7-14(29-12)24-17-13(8-20-24)16(22-18(19)23-17)21-11-4-2-3-5-11;1-2/h8,11-12,14-15,25-26H,2-7,9-10H2,1H3,(H,21,22,23);2H,1H3. The molecule has 1 saturated heterocycles. The monoisotopic (exact) mass is 491 g/mol. The fraction of sp³-hybridized carbons (Fsp3) is 0.737. The fourth-order valence-electron chi connectivity index (χ4n) is 4.02. The third-order valence-electron chi connectivity index (χ3n) is 5.52. The number of ether oxygens (including phenoxy) is 3. The first-order valence-corrected chi connectivity index (χ1v) is 12.3. The van der Waals surface area contributed by atoms with Crippen LogP contribution in [0.1, 0.15) is 44.8 Å². The van der Waals surface area contributed by atoms with Gasteiger partial charge in [-0.25, -0.2) is 4.68 Å². The highest BCUT2D eigenvalue weighted by molar-refractivity contribution is 7.45. The Morgan fingerprint density at radius 1 is 1.25 bits per heavy atom. The van der Waals surface area contributed by atoms with Crippen molar-refractivity contribution in [3.05, 3.63) is 11.5 Å². The lowest BCUT2D eigenvalue weighted by Crippen LogP contribution is -2.24. The number of anilines is 1. The van der Waals surface area contributed by atoms with Crippen LogP contribution in [0.25, 0.3) is 11.0 Å². The second kappa shape index (κ2) is 12.3. The Balaban J connectivity index is 0.00000141. The van der Waals surface area contributed by atoms with Crippen LogP contribution in [-0.2, 0) is 14.2 Å². The molecule has 4 N–H and O–H groups in total. The summed E-state index contributed by atoms with van der Waals surface area (Å²) in [4.78, 5) is 27.6. The molecule has 0 bridgehead atoms. The number of nitrogens with zero attached hydrogens (tertiary/aromatic N) is 4. The summed E-state index contributed by atoms with van der Waals surface area (Å²) in [6.45, 7) is 0.360. The topological polar surface area (TPSA) is 144 Å². The number of rotatable bonds is 9. The van der Waals surface area contributed by atoms with Crippen LogP contribution < -0.4 is 5.32 Å². The van der Waals surface area contributed by atoms with Crippen LogP contribution in [-0.4, -0.2) is 80.1 Å². The third-order valence-corrected chi connectivity index (χ3v) is 6.50. The van der Waals surface area contributed by atoms with Gasteiger partial charge < -0.3 is 34.4 Å². The van der Waals surface area contributed by atoms with Gasteiger partial charge in [0.2, 0.25) is 5.28 Å². The minimum Gasteiger partial charge on any atom is -0.400 e. The van der Waals surface area contributed by atoms with Crippen LogP contribution in [0.3, 0.4) is 0 Å². The molecular formula is C19H31ClN5O6P. The molecule has 3 heterocycles. The molecule has 0 radical (unpaired) electrons. The molecule has 11 nitrogen and oxygen atoms in total. The molecule has 2 fully saturated rings. The zero-order valence-corrected chi connectivity index (χ0v) is 19.9. The summed E-state index contributed by atoms with van der Waals surface area (Å²) in [5.74, 6) is -0.0448. The number of nitrogens with one attached hydrogen (secondary N) is 1. The number of aliphatic hydroxyl groups excluding tert-OH is 1. The van der Waals surface area contributed by atoms with Gasteiger partial charge in [0.1, 0.15) is 11.7 Å². The van der Waals surface area contributed by atoms with Crippen LogP contribution in [0, 0.1) is 0 Å². The van der Waals surface area contributed by atoms with E-state index < -0.39 is 14.2 Å². The molecule has 2 aliphatic rings. The minimum absolute atomic E-state index is 0.116. The van der Waals surface area contributed by atoms with Gasteiger partial charge in [0.15, 0.2) is 20.3 Å². The van der Waals surface area contributed by atoms with Gasteiger partial charge in [0.25, 0.3) is 0 Å². The van der Waals surface area contributed by atoms with Crippen LogP contribution in [0.15, 0.2) is 6.20 Å². The lowest BCUT2D eigenvalue weighted by molar-refractivity contribution is -0.0601. The molecule has 0 aromatic carbocycles. The first-order chi connectivity index (χ1) is 15.5. The molecule has 0 amide bonds. The maximum Gasteiger partial charge on any atom is 0.226 e. The van der Waals surface area contributed by atoms with E-state index in [2.05, 4.69) is 20.4 Å². The summed E-state index contributed by atoms with van der Waals surface area (Å²) in [7, 11) is 0.256. The summed E-state index contributed by atoms with van der Waals surface area (Å²) in [6, 6.07) is 0.398. The number of halogens is 1. The van der Waals surface area contributed by atoms with E-state index in [1.165, 1.54) is 20.0 Å². The van der Waals surface area contributed by atoms with Gasteiger partial charge in [0.05, 0.1) is 30.9 Å². The number of fused-ring (bicyclic) bond motifs is 1. The number of aromatic nitrogens is 4. The summed E-state index contributed by atoms with van der Waals surface area (Å²) in [5.41, 5.74) is 0.633. The van der Waals surface area contributed by atoms with E-state index in [9.17, 15) is 9.79 Å². The highest BCUT2D eigenvalue weighted by atomic mass is 35.5. The molecule has 2 aromatic rings. The van der Waals surface area contributed by atoms with Crippen molar-refractivity contribution in [2.45, 2.75) is 62.7 Å². The van der Waals surface area contributed by atoms with E-state index in [1.54, 1.807) is 10.9 Å². The maximum absolute atomic E-state index is 9.42. The molecule has 1 saturated carbocycles. The van der Waals surface area contributed by atoms with Crippen molar-refractivity contribution in [3.63, 3.8) is 0 Å². The normalized spacial score (nSPS) is 22.3. The van der Waals surface area contributed by atoms with Crippen LogP contribution in [0.2, 0.25) is 5.28 Å². The lowest BCUT2D eigenvalue weighted by Gasteiger charge is -2.20.